The second-order valence-electron chi connectivity index (χ2n) is 13.4. The number of rotatable bonds is 13. The molecule has 17 N–H and O–H groups in total. The number of hydrogen-bond donors (Lipinski definition) is 17. The van der Waals surface area contributed by atoms with Gasteiger partial charge in [0.05, 0.1) is 6.42 Å². The van der Waals surface area contributed by atoms with Gasteiger partial charge in [-0.3, -0.25) is 14.4 Å². The lowest BCUT2D eigenvalue weighted by Gasteiger charge is -2.04. The van der Waals surface area contributed by atoms with Gasteiger partial charge >= 0.3 is 29.8 Å². The minimum atomic E-state index is -1.08. The Labute approximate surface area is 384 Å². The first-order valence-corrected chi connectivity index (χ1v) is 19.0. The summed E-state index contributed by atoms with van der Waals surface area (Å²) < 4.78 is 0. The Kier molecular flexibility index (Phi) is 23.3. The minimum Gasteiger partial charge on any atom is -0.504 e. The van der Waals surface area contributed by atoms with Crippen molar-refractivity contribution in [2.24, 2.45) is 0 Å². The Bertz CT molecular complexity index is 2580. The van der Waals surface area contributed by atoms with Crippen molar-refractivity contribution in [3.8, 4) is 69.0 Å². The summed E-state index contributed by atoms with van der Waals surface area (Å²) in [5, 5.41) is 150. The third kappa shape index (κ3) is 22.6. The highest BCUT2D eigenvalue weighted by molar-refractivity contribution is 5.85. The van der Waals surface area contributed by atoms with Crippen LogP contribution in [0.25, 0.3) is 12.2 Å². The lowest BCUT2D eigenvalue weighted by molar-refractivity contribution is -0.138. The van der Waals surface area contributed by atoms with Crippen molar-refractivity contribution in [2.75, 3.05) is 0 Å². The molecule has 0 saturated carbocycles. The summed E-state index contributed by atoms with van der Waals surface area (Å²) in [5.41, 5.74) is 2.55. The predicted octanol–water partition coefficient (Wildman–Crippen LogP) is 5.31. The largest absolute Gasteiger partial charge is 0.504 e. The molecule has 22 heteroatoms. The van der Waals surface area contributed by atoms with E-state index in [1.165, 1.54) is 72.8 Å². The molecule has 0 bridgehead atoms. The molecule has 0 aliphatic rings. The van der Waals surface area contributed by atoms with E-state index in [1.807, 2.05) is 0 Å². The van der Waals surface area contributed by atoms with Crippen molar-refractivity contribution in [2.45, 2.75) is 32.1 Å². The van der Waals surface area contributed by atoms with Crippen LogP contribution >= 0.6 is 0 Å². The minimum absolute atomic E-state index is 0.0181. The Morgan fingerprint density at radius 2 is 0.721 bits per heavy atom. The molecule has 0 unspecified atom stereocenters. The van der Waals surface area contributed by atoms with E-state index in [9.17, 15) is 24.0 Å². The molecular formula is C46H46O22. The second-order valence-corrected chi connectivity index (χ2v) is 13.4. The molecule has 5 aromatic rings. The standard InChI is InChI=1S/C11H10O4.C9H10O5.C9H10O4.C9H8O4.C8H8O5/c12-9-6-5-8(7-10(9)13)3-1-2-4-11(14)15;10-6-3-5(1-2-8(12)13)4-7(11)9(6)14;2*10-7-3-1-6(5-8(7)11)2-4-9(12)13;9-5-1-4(3-7(11)12)2-6(10)8(5)13/h1-7,12-13H,(H,14,15);3-4,10-11,14H,1-2H2,(H,12,13);1,3,5,10-11H,2,4H2,(H,12,13);1-5,10-11H,(H,12,13);1-2,9-10,13H,3H2,(H,11,12)/b3-1+,4-2+;;;4-2+;. The third-order valence-corrected chi connectivity index (χ3v) is 7.97. The summed E-state index contributed by atoms with van der Waals surface area (Å²) in [7, 11) is 0. The fraction of sp³-hybridized carbons (Fsp3) is 0.109. The molecule has 362 valence electrons. The average Bonchev–Trinajstić information content (AvgIpc) is 3.25. The van der Waals surface area contributed by atoms with Crippen molar-refractivity contribution in [3.63, 3.8) is 0 Å². The second kappa shape index (κ2) is 28.1. The van der Waals surface area contributed by atoms with Crippen LogP contribution in [0, 0.1) is 0 Å². The fourth-order valence-corrected chi connectivity index (χ4v) is 4.73. The Morgan fingerprint density at radius 3 is 1.10 bits per heavy atom. The summed E-state index contributed by atoms with van der Waals surface area (Å²) in [6.45, 7) is 0. The number of hydrogen-bond acceptors (Lipinski definition) is 17. The molecule has 0 spiro atoms. The molecule has 68 heavy (non-hydrogen) atoms. The van der Waals surface area contributed by atoms with Gasteiger partial charge in [-0.05, 0) is 107 Å². The molecular weight excluding hydrogens is 904 g/mol. The highest BCUT2D eigenvalue weighted by Crippen LogP contribution is 2.36. The number of carbonyl (C=O) groups is 5. The third-order valence-electron chi connectivity index (χ3n) is 7.97. The van der Waals surface area contributed by atoms with Crippen molar-refractivity contribution in [3.05, 3.63) is 131 Å². The van der Waals surface area contributed by atoms with E-state index in [4.69, 9.17) is 86.8 Å². The molecule has 0 aliphatic heterocycles. The first-order valence-electron chi connectivity index (χ1n) is 19.0. The van der Waals surface area contributed by atoms with Crippen LogP contribution in [0.15, 0.2) is 103 Å². The number of allylic oxidation sites excluding steroid dienone is 2. The van der Waals surface area contributed by atoms with Crippen LogP contribution in [-0.4, -0.2) is 117 Å². The number of benzene rings is 5. The van der Waals surface area contributed by atoms with Gasteiger partial charge in [0.1, 0.15) is 0 Å². The van der Waals surface area contributed by atoms with Gasteiger partial charge in [-0.2, -0.15) is 0 Å². The molecule has 0 heterocycles. The quantitative estimate of drug-likeness (QED) is 0.0403. The van der Waals surface area contributed by atoms with E-state index in [0.717, 1.165) is 24.3 Å². The highest BCUT2D eigenvalue weighted by atomic mass is 16.4. The topological polar surface area (TPSA) is 429 Å². The maximum absolute atomic E-state index is 10.3. The van der Waals surface area contributed by atoms with Crippen LogP contribution in [0.1, 0.15) is 40.7 Å². The van der Waals surface area contributed by atoms with Crippen LogP contribution in [-0.2, 0) is 43.2 Å². The number of phenols is 12. The van der Waals surface area contributed by atoms with Crippen molar-refractivity contribution in [1.29, 1.82) is 0 Å². The van der Waals surface area contributed by atoms with Gasteiger partial charge in [0.2, 0.25) is 0 Å². The molecule has 0 aromatic heterocycles. The van der Waals surface area contributed by atoms with E-state index in [2.05, 4.69) is 0 Å². The smallest absolute Gasteiger partial charge is 0.328 e. The lowest BCUT2D eigenvalue weighted by atomic mass is 10.1. The predicted molar refractivity (Wildman–Crippen MR) is 238 cm³/mol. The SMILES string of the molecule is O=C(O)/C=C/C=C/c1ccc(O)c(O)c1.O=C(O)/C=C/c1ccc(O)c(O)c1.O=C(O)CCc1cc(O)c(O)c(O)c1.O=C(O)CCc1ccc(O)c(O)c1.O=C(O)Cc1cc(O)c(O)c(O)c1. The molecule has 22 nitrogen and oxygen atoms in total. The zero-order valence-electron chi connectivity index (χ0n) is 35.1. The monoisotopic (exact) mass is 950 g/mol. The van der Waals surface area contributed by atoms with Gasteiger partial charge in [0, 0.05) is 25.0 Å². The Morgan fingerprint density at radius 1 is 0.353 bits per heavy atom. The van der Waals surface area contributed by atoms with Gasteiger partial charge in [0.15, 0.2) is 69.0 Å². The molecule has 0 radical (unpaired) electrons. The van der Waals surface area contributed by atoms with E-state index in [0.29, 0.717) is 28.7 Å². The molecule has 5 aromatic carbocycles. The average molecular weight is 951 g/mol. The first-order chi connectivity index (χ1) is 31.8. The van der Waals surface area contributed by atoms with Crippen LogP contribution in [0.2, 0.25) is 0 Å². The number of carboxylic acids is 5. The van der Waals surface area contributed by atoms with E-state index < -0.39 is 64.3 Å². The van der Waals surface area contributed by atoms with Gasteiger partial charge in [-0.15, -0.1) is 0 Å². The number of aliphatic carboxylic acids is 5. The van der Waals surface area contributed by atoms with Crippen molar-refractivity contribution in [1.82, 2.24) is 0 Å². The molecule has 5 rings (SSSR count). The van der Waals surface area contributed by atoms with Gasteiger partial charge in [-0.25, -0.2) is 9.59 Å². The summed E-state index contributed by atoms with van der Waals surface area (Å²) in [6, 6.07) is 17.3. The summed E-state index contributed by atoms with van der Waals surface area (Å²) in [5.74, 6) is -9.52. The maximum Gasteiger partial charge on any atom is 0.328 e. The number of aromatic hydroxyl groups is 12. The van der Waals surface area contributed by atoms with Crippen LogP contribution in [0.5, 0.6) is 69.0 Å². The van der Waals surface area contributed by atoms with Crippen LogP contribution in [0.3, 0.4) is 0 Å². The lowest BCUT2D eigenvalue weighted by Crippen LogP contribution is -1.99. The Balaban J connectivity index is 0.000000425. The fourth-order valence-electron chi connectivity index (χ4n) is 4.73. The maximum atomic E-state index is 10.3. The van der Waals surface area contributed by atoms with Crippen LogP contribution < -0.4 is 0 Å². The first kappa shape index (κ1) is 56.3. The number of aryl methyl sites for hydroxylation is 2. The molecule has 0 atom stereocenters. The summed E-state index contributed by atoms with van der Waals surface area (Å²) >= 11 is 0. The van der Waals surface area contributed by atoms with Crippen molar-refractivity contribution < 1.29 is 111 Å². The van der Waals surface area contributed by atoms with Gasteiger partial charge in [-0.1, -0.05) is 36.4 Å². The van der Waals surface area contributed by atoms with Crippen LogP contribution in [0.4, 0.5) is 0 Å². The highest BCUT2D eigenvalue weighted by Gasteiger charge is 2.11. The molecule has 0 fully saturated rings. The normalized spacial score (nSPS) is 10.3. The molecule has 0 saturated heterocycles. The summed E-state index contributed by atoms with van der Waals surface area (Å²) in [6.07, 6.45) is 7.92. The number of phenolic OH excluding ortho intramolecular Hbond substituents is 12. The summed E-state index contributed by atoms with van der Waals surface area (Å²) in [4.78, 5) is 50.9. The van der Waals surface area contributed by atoms with E-state index in [-0.39, 0.29) is 65.7 Å². The van der Waals surface area contributed by atoms with Gasteiger partial charge < -0.3 is 86.8 Å². The van der Waals surface area contributed by atoms with Crippen molar-refractivity contribution >= 4 is 42.0 Å². The van der Waals surface area contributed by atoms with E-state index in [1.54, 1.807) is 18.2 Å². The zero-order chi connectivity index (χ0) is 51.7. The zero-order valence-corrected chi connectivity index (χ0v) is 35.1. The Hall–Kier alpha value is -9.73. The number of carboxylic acid groups (broad SMARTS) is 5. The van der Waals surface area contributed by atoms with Gasteiger partial charge in [0.25, 0.3) is 0 Å². The molecule has 0 amide bonds. The van der Waals surface area contributed by atoms with E-state index >= 15 is 0 Å². The molecule has 0 aliphatic carbocycles.